The Morgan fingerprint density at radius 2 is 1.15 bits per heavy atom. The van der Waals surface area contributed by atoms with Gasteiger partial charge in [0.1, 0.15) is 12.9 Å². The monoisotopic (exact) mass is 382 g/mol. The molecule has 0 amide bonds. The van der Waals surface area contributed by atoms with Gasteiger partial charge in [-0.15, -0.1) is 0 Å². The van der Waals surface area contributed by atoms with E-state index >= 15 is 0 Å². The van der Waals surface area contributed by atoms with E-state index in [0.717, 1.165) is 42.1 Å². The van der Waals surface area contributed by atoms with Crippen molar-refractivity contribution in [2.45, 2.75) is 75.5 Å². The molecule has 2 aliphatic carbocycles. The van der Waals surface area contributed by atoms with Gasteiger partial charge in [0, 0.05) is 22.2 Å². The summed E-state index contributed by atoms with van der Waals surface area (Å²) in [6, 6.07) is 15.7. The molecule has 2 fully saturated rings. The second-order valence-corrected chi connectivity index (χ2v) is 11.7. The maximum Gasteiger partial charge on any atom is 0.123 e. The number of hydrogen-bond acceptors (Lipinski definition) is 2. The van der Waals surface area contributed by atoms with Crippen molar-refractivity contribution in [3.8, 4) is 16.9 Å². The minimum absolute atomic E-state index is 0.281. The Hall–Kier alpha value is -1.53. The predicted octanol–water partition coefficient (Wildman–Crippen LogP) is 6.71. The van der Waals surface area contributed by atoms with Gasteiger partial charge in [-0.3, -0.25) is 0 Å². The summed E-state index contributed by atoms with van der Waals surface area (Å²) in [7, 11) is -2.56. The number of rotatable bonds is 4. The van der Waals surface area contributed by atoms with Crippen LogP contribution in [-0.4, -0.2) is 16.4 Å². The summed E-state index contributed by atoms with van der Waals surface area (Å²) >= 11 is 0. The van der Waals surface area contributed by atoms with E-state index in [-0.39, 0.29) is 5.75 Å². The summed E-state index contributed by atoms with van der Waals surface area (Å²) in [6.45, 7) is 0. The highest BCUT2D eigenvalue weighted by atomic mass is 31.2. The Kier molecular flexibility index (Phi) is 5.74. The molecule has 0 heterocycles. The smallest absolute Gasteiger partial charge is 0.123 e. The van der Waals surface area contributed by atoms with E-state index in [1.165, 1.54) is 38.5 Å². The number of phenolic OH excluding ortho intramolecular Hbond substituents is 1. The molecule has 0 aromatic heterocycles. The molecule has 0 bridgehead atoms. The van der Waals surface area contributed by atoms with Crippen LogP contribution in [0.15, 0.2) is 48.5 Å². The molecular weight excluding hydrogens is 351 g/mol. The van der Waals surface area contributed by atoms with E-state index in [1.807, 2.05) is 30.3 Å². The van der Waals surface area contributed by atoms with Crippen LogP contribution in [0.25, 0.3) is 11.1 Å². The van der Waals surface area contributed by atoms with Crippen LogP contribution in [0.2, 0.25) is 0 Å². The summed E-state index contributed by atoms with van der Waals surface area (Å²) in [6.07, 6.45) is 11.8. The molecule has 0 spiro atoms. The van der Waals surface area contributed by atoms with Gasteiger partial charge in [-0.05, 0) is 37.3 Å². The molecule has 4 rings (SSSR count). The Bertz CT molecular complexity index is 795. The van der Waals surface area contributed by atoms with Crippen LogP contribution in [0, 0.1) is 0 Å². The number of hydrogen-bond donors (Lipinski definition) is 1. The largest absolute Gasteiger partial charge is 0.507 e. The van der Waals surface area contributed by atoms with Gasteiger partial charge in [-0.25, -0.2) is 0 Å². The van der Waals surface area contributed by atoms with Crippen molar-refractivity contribution >= 4 is 12.4 Å². The maximum absolute atomic E-state index is 14.9. The van der Waals surface area contributed by atoms with Crippen LogP contribution < -0.4 is 5.30 Å². The lowest BCUT2D eigenvalue weighted by Gasteiger charge is -2.39. The van der Waals surface area contributed by atoms with Gasteiger partial charge in [-0.2, -0.15) is 0 Å². The average Bonchev–Trinajstić information content (AvgIpc) is 2.75. The normalized spacial score (nSPS) is 19.9. The fourth-order valence-corrected chi connectivity index (χ4v) is 9.87. The topological polar surface area (TPSA) is 37.3 Å². The molecule has 2 aliphatic rings. The fourth-order valence-electron chi connectivity index (χ4n) is 5.33. The molecular formula is C24H31O2P. The minimum Gasteiger partial charge on any atom is -0.507 e. The number of para-hydroxylation sites is 1. The Morgan fingerprint density at radius 1 is 0.667 bits per heavy atom. The molecule has 144 valence electrons. The van der Waals surface area contributed by atoms with E-state index in [0.29, 0.717) is 11.3 Å². The van der Waals surface area contributed by atoms with Crippen molar-refractivity contribution in [1.82, 2.24) is 0 Å². The van der Waals surface area contributed by atoms with E-state index in [1.54, 1.807) is 6.07 Å². The van der Waals surface area contributed by atoms with Gasteiger partial charge >= 0.3 is 0 Å². The highest BCUT2D eigenvalue weighted by molar-refractivity contribution is 7.73. The van der Waals surface area contributed by atoms with Gasteiger partial charge in [0.05, 0.1) is 0 Å². The molecule has 0 unspecified atom stereocenters. The number of benzene rings is 2. The molecule has 2 nitrogen and oxygen atoms in total. The fraction of sp³-hybridized carbons (Fsp3) is 0.500. The number of phenols is 1. The molecule has 2 aromatic rings. The van der Waals surface area contributed by atoms with Gasteiger partial charge in [0.25, 0.3) is 0 Å². The van der Waals surface area contributed by atoms with Crippen molar-refractivity contribution in [2.75, 3.05) is 0 Å². The van der Waals surface area contributed by atoms with Crippen LogP contribution in [0.4, 0.5) is 0 Å². The van der Waals surface area contributed by atoms with Crippen molar-refractivity contribution in [3.05, 3.63) is 48.5 Å². The van der Waals surface area contributed by atoms with Gasteiger partial charge < -0.3 is 9.67 Å². The van der Waals surface area contributed by atoms with Crippen LogP contribution in [-0.2, 0) is 4.57 Å². The third-order valence-electron chi connectivity index (χ3n) is 6.71. The molecule has 0 radical (unpaired) electrons. The summed E-state index contributed by atoms with van der Waals surface area (Å²) in [5.74, 6) is 0.281. The SMILES string of the molecule is O=P(c1ccccc1-c1ccccc1O)(C1CCCCC1)C1CCCCC1. The van der Waals surface area contributed by atoms with Gasteiger partial charge in [0.15, 0.2) is 0 Å². The molecule has 27 heavy (non-hydrogen) atoms. The zero-order valence-corrected chi connectivity index (χ0v) is 17.0. The predicted molar refractivity (Wildman–Crippen MR) is 115 cm³/mol. The minimum atomic E-state index is -2.56. The van der Waals surface area contributed by atoms with Crippen molar-refractivity contribution in [1.29, 1.82) is 0 Å². The van der Waals surface area contributed by atoms with Crippen molar-refractivity contribution in [2.24, 2.45) is 0 Å². The lowest BCUT2D eigenvalue weighted by Crippen LogP contribution is -2.30. The summed E-state index contributed by atoms with van der Waals surface area (Å²) in [5, 5.41) is 11.5. The van der Waals surface area contributed by atoms with Crippen molar-refractivity contribution < 1.29 is 9.67 Å². The average molecular weight is 382 g/mol. The Labute approximate surface area is 163 Å². The lowest BCUT2D eigenvalue weighted by atomic mass is 9.99. The second kappa shape index (κ2) is 8.23. The third-order valence-corrected chi connectivity index (χ3v) is 11.1. The van der Waals surface area contributed by atoms with Crippen LogP contribution in [0.3, 0.4) is 0 Å². The molecule has 2 aromatic carbocycles. The van der Waals surface area contributed by atoms with E-state index in [4.69, 9.17) is 0 Å². The first-order chi connectivity index (χ1) is 13.2. The quantitative estimate of drug-likeness (QED) is 0.597. The maximum atomic E-state index is 14.9. The third kappa shape index (κ3) is 3.61. The van der Waals surface area contributed by atoms with Gasteiger partial charge in [-0.1, -0.05) is 81.0 Å². The Morgan fingerprint density at radius 3 is 1.70 bits per heavy atom. The highest BCUT2D eigenvalue weighted by Crippen LogP contribution is 2.63. The lowest BCUT2D eigenvalue weighted by molar-refractivity contribution is 0.453. The zero-order chi connectivity index (χ0) is 18.7. The molecule has 0 aliphatic heterocycles. The van der Waals surface area contributed by atoms with Gasteiger partial charge in [0.2, 0.25) is 0 Å². The summed E-state index contributed by atoms with van der Waals surface area (Å²) < 4.78 is 14.9. The molecule has 1 N–H and O–H groups in total. The highest BCUT2D eigenvalue weighted by Gasteiger charge is 2.43. The first-order valence-electron chi connectivity index (χ1n) is 10.7. The molecule has 2 saturated carbocycles. The molecule has 0 atom stereocenters. The Balaban J connectivity index is 1.86. The second-order valence-electron chi connectivity index (χ2n) is 8.33. The first kappa shape index (κ1) is 18.8. The van der Waals surface area contributed by atoms with Crippen LogP contribution >= 0.6 is 7.14 Å². The first-order valence-corrected chi connectivity index (χ1v) is 12.5. The molecule has 0 saturated heterocycles. The van der Waals surface area contributed by atoms with E-state index < -0.39 is 7.14 Å². The summed E-state index contributed by atoms with van der Waals surface area (Å²) in [4.78, 5) is 0. The van der Waals surface area contributed by atoms with Crippen LogP contribution in [0.5, 0.6) is 5.75 Å². The van der Waals surface area contributed by atoms with E-state index in [9.17, 15) is 9.67 Å². The standard InChI is InChI=1S/C24H31O2P/c25-23-17-9-7-15-21(23)22-16-8-10-18-24(22)27(26,19-11-3-1-4-12-19)20-13-5-2-6-14-20/h7-10,15-20,25H,1-6,11-14H2. The van der Waals surface area contributed by atoms with Crippen molar-refractivity contribution in [3.63, 3.8) is 0 Å². The van der Waals surface area contributed by atoms with Crippen LogP contribution in [0.1, 0.15) is 64.2 Å². The zero-order valence-electron chi connectivity index (χ0n) is 16.1. The number of aromatic hydroxyl groups is 1. The molecule has 3 heteroatoms. The summed E-state index contributed by atoms with van der Waals surface area (Å²) in [5.41, 5.74) is 2.44. The van der Waals surface area contributed by atoms with E-state index in [2.05, 4.69) is 12.1 Å².